The third-order valence-electron chi connectivity index (χ3n) is 15.2. The van der Waals surface area contributed by atoms with Gasteiger partial charge in [-0.25, -0.2) is 9.97 Å². The number of hydrogen-bond donors (Lipinski definition) is 8. The van der Waals surface area contributed by atoms with Gasteiger partial charge in [-0.1, -0.05) is 0 Å². The number of fused-ring (bicyclic) bond motifs is 4. The molecule has 8 N–H and O–H groups in total. The van der Waals surface area contributed by atoms with Crippen molar-refractivity contribution in [2.45, 2.75) is 12.8 Å². The highest BCUT2D eigenvalue weighted by atomic mass is 16.5. The number of aromatic nitrogens is 8. The Kier molecular flexibility index (Phi) is 24.7. The van der Waals surface area contributed by atoms with Crippen molar-refractivity contribution in [3.05, 3.63) is 121 Å². The number of phenolic OH excluding ortho intramolecular Hbond substituents is 1. The van der Waals surface area contributed by atoms with Crippen LogP contribution in [0, 0.1) is 0 Å². The van der Waals surface area contributed by atoms with Crippen LogP contribution in [0.15, 0.2) is 116 Å². The molecule has 0 radical (unpaired) electrons. The number of carbonyl (C=O) groups is 5. The molecule has 5 aromatic carbocycles. The number of rotatable bonds is 37. The van der Waals surface area contributed by atoms with E-state index in [-0.39, 0.29) is 147 Å². The summed E-state index contributed by atoms with van der Waals surface area (Å²) in [5.74, 6) is 1.10. The Morgan fingerprint density at radius 1 is 0.489 bits per heavy atom. The number of nitrogens with zero attached hydrogens (tertiary/aromatic N) is 9. The molecule has 94 heavy (non-hydrogen) atoms. The molecule has 494 valence electrons. The van der Waals surface area contributed by atoms with Gasteiger partial charge in [0.1, 0.15) is 34.4 Å². The Morgan fingerprint density at radius 2 is 0.979 bits per heavy atom. The van der Waals surface area contributed by atoms with E-state index in [1.807, 2.05) is 35.2 Å². The molecule has 10 rings (SSSR count). The number of likely N-dealkylation sites (N-methyl/N-ethyl adjacent to an activating group) is 1. The largest absolute Gasteiger partial charge is 0.508 e. The number of H-pyrrole nitrogens is 2. The number of benzene rings is 5. The molecule has 0 saturated carbocycles. The second-order valence-electron chi connectivity index (χ2n) is 22.1. The van der Waals surface area contributed by atoms with Crippen molar-refractivity contribution in [1.82, 2.24) is 76.3 Å². The molecule has 0 aliphatic carbocycles. The molecular formula is C66H78N16O12. The van der Waals surface area contributed by atoms with E-state index in [2.05, 4.69) is 73.3 Å². The summed E-state index contributed by atoms with van der Waals surface area (Å²) in [7, 11) is 2.09. The van der Waals surface area contributed by atoms with Gasteiger partial charge >= 0.3 is 0 Å². The molecule has 0 unspecified atom stereocenters. The van der Waals surface area contributed by atoms with Crippen LogP contribution < -0.4 is 41.0 Å². The lowest BCUT2D eigenvalue weighted by Gasteiger charge is -2.34. The fourth-order valence-electron chi connectivity index (χ4n) is 10.2. The summed E-state index contributed by atoms with van der Waals surface area (Å²) in [6, 6.07) is 27.0. The van der Waals surface area contributed by atoms with Crippen molar-refractivity contribution < 1.29 is 57.5 Å². The Bertz CT molecular complexity index is 3840. The summed E-state index contributed by atoms with van der Waals surface area (Å²) in [5, 5.41) is 24.2. The van der Waals surface area contributed by atoms with E-state index in [0.29, 0.717) is 70.4 Å². The number of phenols is 1. The number of hydrogen-bond acceptors (Lipinski definition) is 21. The quantitative estimate of drug-likeness (QED) is 0.0258. The average Bonchev–Trinajstić information content (AvgIpc) is 1.61. The zero-order valence-corrected chi connectivity index (χ0v) is 52.4. The van der Waals surface area contributed by atoms with Crippen LogP contribution in [0.2, 0.25) is 0 Å². The van der Waals surface area contributed by atoms with Crippen LogP contribution in [0.25, 0.3) is 66.9 Å². The van der Waals surface area contributed by atoms with E-state index in [1.54, 1.807) is 85.5 Å². The predicted octanol–water partition coefficient (Wildman–Crippen LogP) is 3.62. The normalized spacial score (nSPS) is 12.6. The molecule has 1 fully saturated rings. The smallest absolute Gasteiger partial charge is 0.258 e. The van der Waals surface area contributed by atoms with Gasteiger partial charge in [-0.3, -0.25) is 43.9 Å². The number of piperazine rings is 1. The summed E-state index contributed by atoms with van der Waals surface area (Å²) in [5.41, 5.74) is 8.47. The molecular weight excluding hydrogens is 1210 g/mol. The van der Waals surface area contributed by atoms with Gasteiger partial charge in [-0.05, 0) is 85.9 Å². The van der Waals surface area contributed by atoms with Crippen molar-refractivity contribution >= 4 is 79.4 Å². The third-order valence-corrected chi connectivity index (χ3v) is 15.2. The molecule has 1 aliphatic heterocycles. The van der Waals surface area contributed by atoms with E-state index in [4.69, 9.17) is 38.4 Å². The molecule has 5 heterocycles. The Morgan fingerprint density at radius 3 is 1.53 bits per heavy atom. The minimum atomic E-state index is -0.322. The van der Waals surface area contributed by atoms with Gasteiger partial charge in [-0.2, -0.15) is 0 Å². The Balaban J connectivity index is 0.667. The lowest BCUT2D eigenvalue weighted by Crippen LogP contribution is -2.44. The van der Waals surface area contributed by atoms with Gasteiger partial charge < -0.3 is 84.8 Å². The van der Waals surface area contributed by atoms with Crippen molar-refractivity contribution in [2.24, 2.45) is 0 Å². The van der Waals surface area contributed by atoms with Gasteiger partial charge in [0.2, 0.25) is 11.8 Å². The Hall–Kier alpha value is -9.97. The highest BCUT2D eigenvalue weighted by molar-refractivity contribution is 6.07. The molecule has 5 amide bonds. The SMILES string of the molecule is CN1CCN(c2cc(C(=O)NCCN(CCC(=O)NCCOCCOCCNC(=O)COc3ccc4nccnc4c3)CCC(=O)NCCOCCOCCNC(=O)COc3ccc4nccnc4c3)c3nc(-c4ccc5nc(-c6ccc(O)cc6)[nH]c5c4)[nH]c3c2)CC1. The highest BCUT2D eigenvalue weighted by Crippen LogP contribution is 2.31. The molecule has 28 nitrogen and oxygen atoms in total. The number of anilines is 1. The fourth-order valence-corrected chi connectivity index (χ4v) is 10.2. The summed E-state index contributed by atoms with van der Waals surface area (Å²) in [6.07, 6.45) is 6.64. The monoisotopic (exact) mass is 1290 g/mol. The third kappa shape index (κ3) is 20.3. The Labute approximate surface area is 541 Å². The first-order chi connectivity index (χ1) is 46.0. The second-order valence-corrected chi connectivity index (χ2v) is 22.1. The minimum Gasteiger partial charge on any atom is -0.508 e. The van der Waals surface area contributed by atoms with Crippen molar-refractivity contribution in [2.75, 3.05) is 157 Å². The first-order valence-electron chi connectivity index (χ1n) is 31.3. The van der Waals surface area contributed by atoms with E-state index >= 15 is 0 Å². The average molecular weight is 1290 g/mol. The minimum absolute atomic E-state index is 0.123. The van der Waals surface area contributed by atoms with Crippen LogP contribution in [0.3, 0.4) is 0 Å². The van der Waals surface area contributed by atoms with Gasteiger partial charge in [0.15, 0.2) is 13.2 Å². The van der Waals surface area contributed by atoms with Gasteiger partial charge in [0, 0.05) is 145 Å². The first-order valence-corrected chi connectivity index (χ1v) is 31.3. The summed E-state index contributed by atoms with van der Waals surface area (Å²) >= 11 is 0. The molecule has 4 aromatic heterocycles. The molecule has 0 bridgehead atoms. The second kappa shape index (κ2) is 34.6. The van der Waals surface area contributed by atoms with Crippen LogP contribution >= 0.6 is 0 Å². The summed E-state index contributed by atoms with van der Waals surface area (Å²) in [6.45, 7) is 7.42. The van der Waals surface area contributed by atoms with Crippen LogP contribution in [-0.4, -0.2) is 236 Å². The maximum Gasteiger partial charge on any atom is 0.258 e. The standard InChI is InChI=1S/C66H78N16O12/c1-80-26-28-82(29-27-80)47-39-51(63-58(40-47)78-65(79-63)46-4-9-54-57(38-46)77-64(76-54)45-2-5-48(83)6-3-45)66(88)75-18-25-81(23-12-59(84)71-19-30-89-34-36-91-32-21-73-61(86)43-93-49-7-10-52-55(41-49)69-16-14-67-52)24-13-60(85)72-20-31-90-35-37-92-33-22-74-62(87)44-94-50-8-11-53-56(42-50)70-17-15-68-53/h2-11,14-17,38-42,83H,12-13,18-37,43-44H2,1H3,(H,71,84)(H,72,85)(H,73,86)(H,74,87)(H,75,88)(H,76,77)(H,78,79). The molecule has 0 atom stereocenters. The fraction of sp³-hybridized carbons (Fsp3) is 0.379. The first kappa shape index (κ1) is 66.9. The van der Waals surface area contributed by atoms with Crippen molar-refractivity contribution in [3.63, 3.8) is 0 Å². The van der Waals surface area contributed by atoms with E-state index in [9.17, 15) is 29.1 Å². The molecule has 0 spiro atoms. The summed E-state index contributed by atoms with van der Waals surface area (Å²) < 4.78 is 33.7. The van der Waals surface area contributed by atoms with Crippen molar-refractivity contribution in [3.8, 4) is 40.0 Å². The molecule has 28 heteroatoms. The number of aromatic amines is 2. The number of carbonyl (C=O) groups excluding carboxylic acids is 5. The number of nitrogens with one attached hydrogen (secondary N) is 7. The van der Waals surface area contributed by atoms with Crippen LogP contribution in [0.4, 0.5) is 5.69 Å². The van der Waals surface area contributed by atoms with Crippen molar-refractivity contribution in [1.29, 1.82) is 0 Å². The predicted molar refractivity (Wildman–Crippen MR) is 351 cm³/mol. The zero-order chi connectivity index (χ0) is 65.3. The number of aromatic hydroxyl groups is 1. The van der Waals surface area contributed by atoms with Crippen LogP contribution in [0.1, 0.15) is 23.2 Å². The van der Waals surface area contributed by atoms with Gasteiger partial charge in [0.05, 0.1) is 97.0 Å². The zero-order valence-electron chi connectivity index (χ0n) is 52.4. The van der Waals surface area contributed by atoms with E-state index in [1.165, 1.54) is 0 Å². The van der Waals surface area contributed by atoms with Gasteiger partial charge in [-0.15, -0.1) is 0 Å². The molecule has 9 aromatic rings. The van der Waals surface area contributed by atoms with Crippen LogP contribution in [0.5, 0.6) is 17.2 Å². The highest BCUT2D eigenvalue weighted by Gasteiger charge is 2.22. The lowest BCUT2D eigenvalue weighted by molar-refractivity contribution is -0.124. The van der Waals surface area contributed by atoms with Crippen LogP contribution in [-0.2, 0) is 38.1 Å². The maximum atomic E-state index is 14.4. The molecule has 1 aliphatic rings. The maximum absolute atomic E-state index is 14.4. The topological polar surface area (TPSA) is 340 Å². The number of imidazole rings is 2. The van der Waals surface area contributed by atoms with E-state index < -0.39 is 0 Å². The van der Waals surface area contributed by atoms with E-state index in [0.717, 1.165) is 65.1 Å². The molecule has 1 saturated heterocycles. The number of ether oxygens (including phenoxy) is 6. The lowest BCUT2D eigenvalue weighted by atomic mass is 10.1. The van der Waals surface area contributed by atoms with Gasteiger partial charge in [0.25, 0.3) is 17.7 Å². The summed E-state index contributed by atoms with van der Waals surface area (Å²) in [4.78, 5) is 105. The number of amides is 5.